The van der Waals surface area contributed by atoms with Gasteiger partial charge in [-0.15, -0.1) is 11.8 Å². The maximum Gasteiger partial charge on any atom is 0.354 e. The van der Waals surface area contributed by atoms with Gasteiger partial charge in [-0.2, -0.15) is 0 Å². The van der Waals surface area contributed by atoms with E-state index in [1.807, 2.05) is 6.92 Å². The van der Waals surface area contributed by atoms with E-state index in [-0.39, 0.29) is 17.0 Å². The lowest BCUT2D eigenvalue weighted by Crippen LogP contribution is -2.61. The minimum Gasteiger partial charge on any atom is -0.477 e. The van der Waals surface area contributed by atoms with Crippen LogP contribution in [0.15, 0.2) is 9.93 Å². The molecule has 4 rings (SSSR count). The van der Waals surface area contributed by atoms with Gasteiger partial charge in [0.15, 0.2) is 5.70 Å². The van der Waals surface area contributed by atoms with Crippen LogP contribution in [0.25, 0.3) is 0 Å². The summed E-state index contributed by atoms with van der Waals surface area (Å²) in [4.78, 5) is 28.0. The molecule has 3 aliphatic heterocycles. The summed E-state index contributed by atoms with van der Waals surface area (Å²) in [6.45, 7) is 5.09. The van der Waals surface area contributed by atoms with Crippen molar-refractivity contribution in [2.45, 2.75) is 49.3 Å². The molecule has 0 aromatic heterocycles. The second-order valence-electron chi connectivity index (χ2n) is 7.39. The Bertz CT molecular complexity index is 622. The predicted molar refractivity (Wildman–Crippen MR) is 97.8 cm³/mol. The third-order valence-electron chi connectivity index (χ3n) is 5.50. The van der Waals surface area contributed by atoms with Crippen LogP contribution in [-0.2, 0) is 9.59 Å². The zero-order valence-corrected chi connectivity index (χ0v) is 15.9. The van der Waals surface area contributed by atoms with Gasteiger partial charge in [-0.3, -0.25) is 9.69 Å². The number of carboxylic acid groups (broad SMARTS) is 1. The lowest BCUT2D eigenvalue weighted by molar-refractivity contribution is -0.157. The number of hydrogen-bond donors (Lipinski definition) is 2. The van der Waals surface area contributed by atoms with Gasteiger partial charge in [0.25, 0.3) is 0 Å². The van der Waals surface area contributed by atoms with E-state index in [2.05, 4.69) is 4.90 Å². The number of likely N-dealkylation sites (tertiary alicyclic amines) is 1. The zero-order chi connectivity index (χ0) is 17.7. The molecule has 0 aromatic rings. The van der Waals surface area contributed by atoms with Gasteiger partial charge in [-0.05, 0) is 38.1 Å². The lowest BCUT2D eigenvalue weighted by Gasteiger charge is -2.44. The highest BCUT2D eigenvalue weighted by atomic mass is 32.2. The van der Waals surface area contributed by atoms with E-state index in [0.717, 1.165) is 29.7 Å². The topological polar surface area (TPSA) is 81.1 Å². The summed E-state index contributed by atoms with van der Waals surface area (Å²) in [5.41, 5.74) is 0.130. The first-order valence-corrected chi connectivity index (χ1v) is 10.8. The largest absolute Gasteiger partial charge is 0.477 e. The quantitative estimate of drug-likeness (QED) is 0.647. The van der Waals surface area contributed by atoms with Crippen LogP contribution in [0.1, 0.15) is 32.6 Å². The molecule has 0 radical (unpaired) electrons. The SMILES string of the molecule is CCC(O)C1C(=O)N2C(C(=O)O)=C(SC3CCN(CC4CC4)C3)SC12. The Morgan fingerprint density at radius 3 is 2.80 bits per heavy atom. The van der Waals surface area contributed by atoms with E-state index in [1.54, 1.807) is 11.8 Å². The number of hydrogen-bond acceptors (Lipinski definition) is 6. The van der Waals surface area contributed by atoms with Crippen LogP contribution < -0.4 is 0 Å². The van der Waals surface area contributed by atoms with Crippen LogP contribution in [0.4, 0.5) is 0 Å². The molecule has 4 unspecified atom stereocenters. The Balaban J connectivity index is 1.44. The first-order chi connectivity index (χ1) is 12.0. The van der Waals surface area contributed by atoms with Crippen molar-refractivity contribution in [3.8, 4) is 0 Å². The van der Waals surface area contributed by atoms with Gasteiger partial charge in [-0.25, -0.2) is 4.79 Å². The summed E-state index contributed by atoms with van der Waals surface area (Å²) in [5.74, 6) is -0.892. The monoisotopic (exact) mass is 384 g/mol. The van der Waals surface area contributed by atoms with Gasteiger partial charge in [-0.1, -0.05) is 18.7 Å². The average Bonchev–Trinajstić information content (AvgIpc) is 3.17. The fourth-order valence-corrected chi connectivity index (χ4v) is 7.18. The van der Waals surface area contributed by atoms with Crippen LogP contribution in [0.5, 0.6) is 0 Å². The highest BCUT2D eigenvalue weighted by Crippen LogP contribution is 2.55. The highest BCUT2D eigenvalue weighted by Gasteiger charge is 2.58. The summed E-state index contributed by atoms with van der Waals surface area (Å²) in [6, 6.07) is 0. The highest BCUT2D eigenvalue weighted by molar-refractivity contribution is 8.23. The van der Waals surface area contributed by atoms with Gasteiger partial charge in [0, 0.05) is 18.3 Å². The first kappa shape index (κ1) is 17.7. The summed E-state index contributed by atoms with van der Waals surface area (Å²) < 4.78 is 0.745. The van der Waals surface area contributed by atoms with Crippen LogP contribution in [-0.4, -0.2) is 68.3 Å². The van der Waals surface area contributed by atoms with Crippen molar-refractivity contribution in [3.05, 3.63) is 9.93 Å². The zero-order valence-electron chi connectivity index (χ0n) is 14.3. The molecule has 1 amide bonds. The fraction of sp³-hybridized carbons (Fsp3) is 0.765. The molecular weight excluding hydrogens is 360 g/mol. The van der Waals surface area contributed by atoms with Gasteiger partial charge in [0.1, 0.15) is 5.37 Å². The molecule has 4 atom stereocenters. The van der Waals surface area contributed by atoms with Gasteiger partial charge >= 0.3 is 5.97 Å². The van der Waals surface area contributed by atoms with Crippen LogP contribution in [0.3, 0.4) is 0 Å². The number of carbonyl (C=O) groups is 2. The number of rotatable bonds is 7. The van der Waals surface area contributed by atoms with Crippen molar-refractivity contribution < 1.29 is 19.8 Å². The van der Waals surface area contributed by atoms with E-state index >= 15 is 0 Å². The third kappa shape index (κ3) is 3.22. The van der Waals surface area contributed by atoms with E-state index in [4.69, 9.17) is 0 Å². The fourth-order valence-electron chi connectivity index (χ4n) is 3.87. The number of nitrogens with zero attached hydrogens (tertiary/aromatic N) is 2. The molecule has 2 saturated heterocycles. The predicted octanol–water partition coefficient (Wildman–Crippen LogP) is 1.76. The molecule has 0 spiro atoms. The standard InChI is InChI=1S/C17H24N2O4S2/c1-2-11(20)12-14(21)19-13(16(22)23)17(25-15(12)19)24-10-5-6-18(8-10)7-9-3-4-9/h9-12,15,20H,2-8H2,1H3,(H,22,23). The molecule has 1 saturated carbocycles. The molecular formula is C17H24N2O4S2. The number of amides is 1. The van der Waals surface area contributed by atoms with Crippen LogP contribution in [0, 0.1) is 11.8 Å². The number of carboxylic acids is 1. The van der Waals surface area contributed by atoms with Crippen molar-refractivity contribution >= 4 is 35.4 Å². The van der Waals surface area contributed by atoms with E-state index in [0.29, 0.717) is 11.7 Å². The van der Waals surface area contributed by atoms with Crippen molar-refractivity contribution in [2.75, 3.05) is 19.6 Å². The van der Waals surface area contributed by atoms with Gasteiger partial charge in [0.2, 0.25) is 5.91 Å². The second-order valence-corrected chi connectivity index (χ2v) is 10.1. The number of carbonyl (C=O) groups excluding carboxylic acids is 1. The summed E-state index contributed by atoms with van der Waals surface area (Å²) in [7, 11) is 0. The Hall–Kier alpha value is -0.700. The summed E-state index contributed by atoms with van der Waals surface area (Å²) in [6.07, 6.45) is 3.57. The molecule has 0 aromatic carbocycles. The van der Waals surface area contributed by atoms with Gasteiger partial charge < -0.3 is 15.1 Å². The molecule has 0 bridgehead atoms. The number of aliphatic hydroxyl groups is 1. The minimum absolute atomic E-state index is 0.130. The van der Waals surface area contributed by atoms with Crippen molar-refractivity contribution in [2.24, 2.45) is 11.8 Å². The smallest absolute Gasteiger partial charge is 0.354 e. The molecule has 3 heterocycles. The van der Waals surface area contributed by atoms with E-state index in [1.165, 1.54) is 36.0 Å². The maximum atomic E-state index is 12.4. The minimum atomic E-state index is -1.04. The normalized spacial score (nSPS) is 33.6. The number of aliphatic hydroxyl groups excluding tert-OH is 1. The first-order valence-electron chi connectivity index (χ1n) is 9.04. The molecule has 3 fully saturated rings. The van der Waals surface area contributed by atoms with Crippen molar-refractivity contribution in [3.63, 3.8) is 0 Å². The van der Waals surface area contributed by atoms with E-state index < -0.39 is 18.0 Å². The molecule has 2 N–H and O–H groups in total. The number of β-lactam (4-membered cyclic amide) rings is 1. The summed E-state index contributed by atoms with van der Waals surface area (Å²) >= 11 is 3.07. The molecule has 138 valence electrons. The Morgan fingerprint density at radius 2 is 2.16 bits per heavy atom. The Kier molecular flexibility index (Phi) is 4.81. The number of thioether (sulfide) groups is 2. The van der Waals surface area contributed by atoms with Crippen molar-refractivity contribution in [1.82, 2.24) is 9.80 Å². The average molecular weight is 385 g/mol. The molecule has 8 heteroatoms. The number of fused-ring (bicyclic) bond motifs is 1. The van der Waals surface area contributed by atoms with E-state index in [9.17, 15) is 19.8 Å². The molecule has 25 heavy (non-hydrogen) atoms. The van der Waals surface area contributed by atoms with Crippen molar-refractivity contribution in [1.29, 1.82) is 0 Å². The number of aliphatic carboxylic acids is 1. The second kappa shape index (κ2) is 6.79. The summed E-state index contributed by atoms with van der Waals surface area (Å²) in [5, 5.41) is 19.8. The third-order valence-corrected chi connectivity index (χ3v) is 8.35. The Labute approximate surface area is 156 Å². The molecule has 4 aliphatic rings. The van der Waals surface area contributed by atoms with Gasteiger partial charge in [0.05, 0.1) is 16.3 Å². The van der Waals surface area contributed by atoms with Crippen LogP contribution in [0.2, 0.25) is 0 Å². The molecule has 6 nitrogen and oxygen atoms in total. The van der Waals surface area contributed by atoms with Crippen LogP contribution >= 0.6 is 23.5 Å². The Morgan fingerprint density at radius 1 is 1.40 bits per heavy atom. The maximum absolute atomic E-state index is 12.4. The molecule has 1 aliphatic carbocycles. The lowest BCUT2D eigenvalue weighted by atomic mass is 9.90.